The topological polar surface area (TPSA) is 106 Å². The molecule has 0 spiro atoms. The molecule has 156 valence electrons. The zero-order chi connectivity index (χ0) is 21.1. The predicted molar refractivity (Wildman–Crippen MR) is 107 cm³/mol. The van der Waals surface area contributed by atoms with Crippen molar-refractivity contribution in [3.8, 4) is 5.69 Å². The Labute approximate surface area is 181 Å². The standard InChI is InChI=1S/C18H16Cl2N6O4/c19-13-1-2-14(24-9-17(20)22-23-24)15(8-13)25-10-30-26(11-29-25)16(18(27)28)7-12-3-5-21-6-4-12/h1-6,8-9,16H,7,10-11H2,(H,27,28). The highest BCUT2D eigenvalue weighted by atomic mass is 35.5. The van der Waals surface area contributed by atoms with Crippen LogP contribution in [0.5, 0.6) is 0 Å². The first kappa shape index (κ1) is 20.5. The van der Waals surface area contributed by atoms with Crippen molar-refractivity contribution in [1.29, 1.82) is 0 Å². The van der Waals surface area contributed by atoms with Crippen molar-refractivity contribution in [3.05, 3.63) is 64.7 Å². The molecule has 1 aliphatic rings. The van der Waals surface area contributed by atoms with E-state index in [0.29, 0.717) is 16.4 Å². The minimum Gasteiger partial charge on any atom is -0.480 e. The van der Waals surface area contributed by atoms with Gasteiger partial charge in [0, 0.05) is 23.8 Å². The minimum absolute atomic E-state index is 0.0596. The van der Waals surface area contributed by atoms with E-state index in [1.54, 1.807) is 48.9 Å². The number of nitrogens with zero attached hydrogens (tertiary/aromatic N) is 6. The van der Waals surface area contributed by atoms with Gasteiger partial charge in [-0.25, -0.2) is 9.75 Å². The largest absolute Gasteiger partial charge is 0.480 e. The Morgan fingerprint density at radius 1 is 1.13 bits per heavy atom. The SMILES string of the molecule is O=C(O)C(Cc1ccncc1)N1CON(c2cc(Cl)ccc2-n2cc(Cl)nn2)CO1. The Bertz CT molecular complexity index is 1030. The minimum atomic E-state index is -1.02. The predicted octanol–water partition coefficient (Wildman–Crippen LogP) is 2.57. The molecule has 1 fully saturated rings. The molecule has 4 rings (SSSR count). The summed E-state index contributed by atoms with van der Waals surface area (Å²) >= 11 is 12.0. The number of hydrogen-bond acceptors (Lipinski definition) is 8. The number of aliphatic carboxylic acids is 1. The Balaban J connectivity index is 1.50. The molecule has 12 heteroatoms. The molecule has 1 atom stereocenters. The summed E-state index contributed by atoms with van der Waals surface area (Å²) in [5.41, 5.74) is 2.00. The highest BCUT2D eigenvalue weighted by Gasteiger charge is 2.32. The molecule has 10 nitrogen and oxygen atoms in total. The monoisotopic (exact) mass is 450 g/mol. The van der Waals surface area contributed by atoms with Gasteiger partial charge < -0.3 is 5.11 Å². The van der Waals surface area contributed by atoms with Gasteiger partial charge in [-0.05, 0) is 35.9 Å². The number of hydroxylamine groups is 3. The van der Waals surface area contributed by atoms with E-state index in [9.17, 15) is 9.90 Å². The number of hydrogen-bond donors (Lipinski definition) is 1. The molecule has 0 radical (unpaired) electrons. The third-order valence-electron chi connectivity index (χ3n) is 4.41. The summed E-state index contributed by atoms with van der Waals surface area (Å²) in [5, 5.41) is 20.8. The molecule has 3 heterocycles. The van der Waals surface area contributed by atoms with Gasteiger partial charge in [0.05, 0.1) is 17.6 Å². The number of anilines is 1. The molecule has 1 saturated heterocycles. The molecule has 1 N–H and O–H groups in total. The molecule has 0 bridgehead atoms. The van der Waals surface area contributed by atoms with Crippen molar-refractivity contribution in [2.45, 2.75) is 12.5 Å². The first-order valence-electron chi connectivity index (χ1n) is 8.81. The number of carbonyl (C=O) groups is 1. The Kier molecular flexibility index (Phi) is 6.11. The Hall–Kier alpha value is -2.76. The van der Waals surface area contributed by atoms with Crippen LogP contribution < -0.4 is 5.06 Å². The van der Waals surface area contributed by atoms with Crippen molar-refractivity contribution in [2.24, 2.45) is 0 Å². The van der Waals surface area contributed by atoms with E-state index in [2.05, 4.69) is 15.3 Å². The molecule has 30 heavy (non-hydrogen) atoms. The Morgan fingerprint density at radius 3 is 2.57 bits per heavy atom. The third kappa shape index (κ3) is 4.53. The summed E-state index contributed by atoms with van der Waals surface area (Å²) in [6, 6.07) is 7.70. The van der Waals surface area contributed by atoms with Gasteiger partial charge >= 0.3 is 5.97 Å². The summed E-state index contributed by atoms with van der Waals surface area (Å²) in [5.74, 6) is -1.02. The van der Waals surface area contributed by atoms with Crippen LogP contribution in [0.2, 0.25) is 10.2 Å². The molecule has 1 aromatic carbocycles. The van der Waals surface area contributed by atoms with E-state index in [0.717, 1.165) is 5.56 Å². The average molecular weight is 451 g/mol. The van der Waals surface area contributed by atoms with E-state index in [4.69, 9.17) is 32.9 Å². The van der Waals surface area contributed by atoms with E-state index in [1.165, 1.54) is 14.8 Å². The first-order valence-corrected chi connectivity index (χ1v) is 9.56. The smallest absolute Gasteiger partial charge is 0.323 e. The maximum Gasteiger partial charge on any atom is 0.323 e. The lowest BCUT2D eigenvalue weighted by Crippen LogP contribution is -2.51. The van der Waals surface area contributed by atoms with Crippen molar-refractivity contribution in [3.63, 3.8) is 0 Å². The maximum atomic E-state index is 11.8. The number of carboxylic acids is 1. The fourth-order valence-electron chi connectivity index (χ4n) is 2.95. The highest BCUT2D eigenvalue weighted by Crippen LogP contribution is 2.30. The summed E-state index contributed by atoms with van der Waals surface area (Å²) in [4.78, 5) is 27.2. The average Bonchev–Trinajstić information content (AvgIpc) is 3.19. The molecular formula is C18H16Cl2N6O4. The van der Waals surface area contributed by atoms with E-state index < -0.39 is 12.0 Å². The summed E-state index contributed by atoms with van der Waals surface area (Å²) in [7, 11) is 0. The number of rotatable bonds is 6. The van der Waals surface area contributed by atoms with Gasteiger partial charge in [0.2, 0.25) is 0 Å². The molecule has 1 aliphatic heterocycles. The molecule has 0 aliphatic carbocycles. The van der Waals surface area contributed by atoms with Crippen LogP contribution >= 0.6 is 23.2 Å². The summed E-state index contributed by atoms with van der Waals surface area (Å²) in [6.07, 6.45) is 5.00. The van der Waals surface area contributed by atoms with Crippen LogP contribution in [0.25, 0.3) is 5.69 Å². The van der Waals surface area contributed by atoms with Gasteiger partial charge in [0.15, 0.2) is 18.6 Å². The van der Waals surface area contributed by atoms with Gasteiger partial charge in [-0.2, -0.15) is 0 Å². The van der Waals surface area contributed by atoms with Gasteiger partial charge in [0.25, 0.3) is 0 Å². The lowest BCUT2D eigenvalue weighted by atomic mass is 10.1. The lowest BCUT2D eigenvalue weighted by Gasteiger charge is -2.37. The van der Waals surface area contributed by atoms with Crippen molar-refractivity contribution in [2.75, 3.05) is 18.5 Å². The van der Waals surface area contributed by atoms with Crippen molar-refractivity contribution < 1.29 is 19.6 Å². The molecule has 0 amide bonds. The molecule has 3 aromatic rings. The summed E-state index contributed by atoms with van der Waals surface area (Å²) in [6.45, 7) is -0.165. The number of benzene rings is 1. The van der Waals surface area contributed by atoms with E-state index >= 15 is 0 Å². The van der Waals surface area contributed by atoms with Gasteiger partial charge in [-0.3, -0.25) is 19.5 Å². The number of pyridine rings is 1. The molecule has 0 saturated carbocycles. The molecule has 2 aromatic heterocycles. The van der Waals surface area contributed by atoms with E-state index in [1.807, 2.05) is 0 Å². The third-order valence-corrected chi connectivity index (χ3v) is 4.82. The van der Waals surface area contributed by atoms with Crippen LogP contribution in [0.4, 0.5) is 5.69 Å². The van der Waals surface area contributed by atoms with Gasteiger partial charge in [-0.15, -0.1) is 10.2 Å². The van der Waals surface area contributed by atoms with Crippen molar-refractivity contribution >= 4 is 34.9 Å². The second kappa shape index (κ2) is 8.94. The van der Waals surface area contributed by atoms with Gasteiger partial charge in [0.1, 0.15) is 6.04 Å². The number of halogens is 2. The van der Waals surface area contributed by atoms with Crippen LogP contribution in [-0.4, -0.2) is 55.6 Å². The molecule has 1 unspecified atom stereocenters. The second-order valence-electron chi connectivity index (χ2n) is 6.34. The van der Waals surface area contributed by atoms with E-state index in [-0.39, 0.29) is 25.0 Å². The van der Waals surface area contributed by atoms with Crippen LogP contribution in [0.1, 0.15) is 5.56 Å². The first-order chi connectivity index (χ1) is 14.5. The highest BCUT2D eigenvalue weighted by molar-refractivity contribution is 6.31. The number of carboxylic acid groups (broad SMARTS) is 1. The maximum absolute atomic E-state index is 11.8. The zero-order valence-electron chi connectivity index (χ0n) is 15.4. The Morgan fingerprint density at radius 2 is 1.93 bits per heavy atom. The zero-order valence-corrected chi connectivity index (χ0v) is 16.9. The fraction of sp³-hybridized carbons (Fsp3) is 0.222. The quantitative estimate of drug-likeness (QED) is 0.605. The second-order valence-corrected chi connectivity index (χ2v) is 7.17. The summed E-state index contributed by atoms with van der Waals surface area (Å²) < 4.78 is 1.48. The van der Waals surface area contributed by atoms with Crippen LogP contribution in [0.3, 0.4) is 0 Å². The lowest BCUT2D eigenvalue weighted by molar-refractivity contribution is -0.282. The van der Waals surface area contributed by atoms with Crippen LogP contribution in [-0.2, 0) is 20.9 Å². The van der Waals surface area contributed by atoms with Gasteiger partial charge in [-0.1, -0.05) is 28.4 Å². The number of aromatic nitrogens is 4. The molecular weight excluding hydrogens is 435 g/mol. The van der Waals surface area contributed by atoms with Crippen LogP contribution in [0.15, 0.2) is 48.9 Å². The fourth-order valence-corrected chi connectivity index (χ4v) is 3.25. The van der Waals surface area contributed by atoms with Crippen LogP contribution in [0, 0.1) is 0 Å². The normalized spacial score (nSPS) is 15.9. The van der Waals surface area contributed by atoms with Crippen molar-refractivity contribution in [1.82, 2.24) is 25.0 Å².